The van der Waals surface area contributed by atoms with Crippen LogP contribution in [0.5, 0.6) is 0 Å². The van der Waals surface area contributed by atoms with Gasteiger partial charge in [0.25, 0.3) is 18.0 Å². The van der Waals surface area contributed by atoms with Gasteiger partial charge in [-0.1, -0.05) is 29.3 Å². The number of alkyl halides is 3. The number of carbonyl (C=O) groups is 2. The van der Waals surface area contributed by atoms with E-state index >= 15 is 0 Å². The highest BCUT2D eigenvalue weighted by Gasteiger charge is 2.29. The van der Waals surface area contributed by atoms with Crippen molar-refractivity contribution in [3.05, 3.63) is 76.9 Å². The number of carboxylic acid groups (broad SMARTS) is 1. The van der Waals surface area contributed by atoms with Gasteiger partial charge >= 0.3 is 12.1 Å². The molecule has 0 spiro atoms. The van der Waals surface area contributed by atoms with Crippen molar-refractivity contribution >= 4 is 46.4 Å². The molecule has 0 saturated heterocycles. The lowest BCUT2D eigenvalue weighted by atomic mass is 10.2. The molecule has 33 heavy (non-hydrogen) atoms. The Hall–Kier alpha value is -3.70. The highest BCUT2D eigenvalue weighted by molar-refractivity contribution is 6.35. The van der Waals surface area contributed by atoms with Gasteiger partial charge in [-0.2, -0.15) is 17.6 Å². The first kappa shape index (κ1) is 24.0. The summed E-state index contributed by atoms with van der Waals surface area (Å²) in [5.41, 5.74) is 1.90. The third-order valence-corrected chi connectivity index (χ3v) is 4.49. The van der Waals surface area contributed by atoms with E-state index in [1.807, 2.05) is 28.8 Å². The first-order chi connectivity index (χ1) is 15.6. The smallest absolute Gasteiger partial charge is 0.430 e. The Balaban J connectivity index is 0.000000383. The Bertz CT molecular complexity index is 1290. The Kier molecular flexibility index (Phi) is 7.14. The maximum atomic E-state index is 12.7. The molecule has 1 aromatic carbocycles. The predicted molar refractivity (Wildman–Crippen MR) is 109 cm³/mol. The van der Waals surface area contributed by atoms with Crippen LogP contribution in [0.1, 0.15) is 10.5 Å². The van der Waals surface area contributed by atoms with Crippen LogP contribution in [0.3, 0.4) is 0 Å². The second-order valence-electron chi connectivity index (χ2n) is 6.35. The normalized spacial score (nSPS) is 10.9. The number of hydrogen-bond donors (Lipinski definition) is 2. The number of nitrogens with one attached hydrogen (secondary N) is 3. The van der Waals surface area contributed by atoms with Crippen molar-refractivity contribution in [1.29, 1.82) is 0 Å². The number of aromatic nitrogens is 4. The number of imidazole rings is 1. The molecule has 0 aliphatic rings. The molecule has 0 aliphatic heterocycles. The van der Waals surface area contributed by atoms with Gasteiger partial charge in [-0.25, -0.2) is 4.98 Å². The first-order valence-electron chi connectivity index (χ1n) is 8.96. The minimum atomic E-state index is -5.19. The molecule has 13 heteroatoms. The van der Waals surface area contributed by atoms with Gasteiger partial charge in [0.2, 0.25) is 5.69 Å². The summed E-state index contributed by atoms with van der Waals surface area (Å²) in [7, 11) is 0. The molecule has 4 aromatic rings. The third kappa shape index (κ3) is 5.96. The topological polar surface area (TPSA) is 116 Å². The molecule has 0 unspecified atom stereocenters. The summed E-state index contributed by atoms with van der Waals surface area (Å²) >= 11 is 12.3. The van der Waals surface area contributed by atoms with Crippen molar-refractivity contribution in [2.24, 2.45) is 0 Å². The van der Waals surface area contributed by atoms with E-state index in [0.29, 0.717) is 27.4 Å². The fourth-order valence-electron chi connectivity index (χ4n) is 2.73. The molecule has 0 saturated carbocycles. The Morgan fingerprint density at radius 1 is 1.12 bits per heavy atom. The first-order valence-corrected chi connectivity index (χ1v) is 9.72. The largest absolute Gasteiger partial charge is 0.542 e. The molecule has 0 radical (unpaired) electrons. The maximum absolute atomic E-state index is 12.7. The van der Waals surface area contributed by atoms with Crippen molar-refractivity contribution in [2.45, 2.75) is 6.18 Å². The Labute approximate surface area is 193 Å². The van der Waals surface area contributed by atoms with Crippen LogP contribution in [0, 0.1) is 0 Å². The number of nitrogens with zero attached hydrogens (tertiary/aromatic N) is 2. The molecule has 170 valence electrons. The minimum Gasteiger partial charge on any atom is -0.542 e. The number of halogens is 5. The molecule has 0 atom stereocenters. The molecule has 4 rings (SSSR count). The summed E-state index contributed by atoms with van der Waals surface area (Å²) < 4.78 is 33.4. The van der Waals surface area contributed by atoms with E-state index in [1.54, 1.807) is 30.5 Å². The van der Waals surface area contributed by atoms with Gasteiger partial charge in [-0.3, -0.25) is 15.1 Å². The van der Waals surface area contributed by atoms with E-state index in [2.05, 4.69) is 20.3 Å². The molecule has 0 bridgehead atoms. The number of fused-ring (bicyclic) bond motifs is 1. The lowest BCUT2D eigenvalue weighted by Crippen LogP contribution is -2.37. The fraction of sp³-hybridized carbons (Fsp3) is 0.0500. The van der Waals surface area contributed by atoms with E-state index in [0.717, 1.165) is 11.1 Å². The van der Waals surface area contributed by atoms with Crippen LogP contribution in [-0.2, 0) is 4.79 Å². The monoisotopic (exact) mass is 498 g/mol. The van der Waals surface area contributed by atoms with E-state index < -0.39 is 12.1 Å². The summed E-state index contributed by atoms with van der Waals surface area (Å²) in [4.78, 5) is 31.6. The number of aliphatic carboxylic acids is 1. The van der Waals surface area contributed by atoms with Crippen LogP contribution in [0.15, 0.2) is 61.2 Å². The number of hydrogen-bond acceptors (Lipinski definition) is 4. The molecule has 0 fully saturated rings. The van der Waals surface area contributed by atoms with Crippen molar-refractivity contribution < 1.29 is 37.3 Å². The zero-order chi connectivity index (χ0) is 24.2. The van der Waals surface area contributed by atoms with E-state index in [1.165, 1.54) is 6.33 Å². The third-order valence-electron chi connectivity index (χ3n) is 4.05. The zero-order valence-corrected chi connectivity index (χ0v) is 17.8. The van der Waals surface area contributed by atoms with Crippen molar-refractivity contribution in [1.82, 2.24) is 9.97 Å². The Morgan fingerprint density at radius 3 is 2.36 bits per heavy atom. The number of H-pyrrole nitrogens is 2. The van der Waals surface area contributed by atoms with Gasteiger partial charge in [0.15, 0.2) is 5.52 Å². The van der Waals surface area contributed by atoms with Gasteiger partial charge in [0.05, 0.1) is 18.0 Å². The fourth-order valence-corrected chi connectivity index (χ4v) is 3.26. The van der Waals surface area contributed by atoms with E-state index in [4.69, 9.17) is 33.1 Å². The second kappa shape index (κ2) is 9.84. The number of benzene rings is 1. The zero-order valence-electron chi connectivity index (χ0n) is 16.3. The molecule has 3 N–H and O–H groups in total. The van der Waals surface area contributed by atoms with Crippen molar-refractivity contribution in [2.75, 3.05) is 5.32 Å². The van der Waals surface area contributed by atoms with Crippen LogP contribution < -0.4 is 19.8 Å². The predicted octanol–water partition coefficient (Wildman–Crippen LogP) is 2.49. The molecule has 8 nitrogen and oxygen atoms in total. The van der Waals surface area contributed by atoms with Crippen LogP contribution >= 0.6 is 23.2 Å². The van der Waals surface area contributed by atoms with E-state index in [-0.39, 0.29) is 5.91 Å². The van der Waals surface area contributed by atoms with Crippen LogP contribution in [-0.4, -0.2) is 28.0 Å². The van der Waals surface area contributed by atoms with Gasteiger partial charge < -0.3 is 9.90 Å². The number of amides is 1. The lowest BCUT2D eigenvalue weighted by Gasteiger charge is -2.03. The SMILES string of the molecule is O=C(Nc1cc[nH+]cn1)c1[nH]c(-c2cc(Cl)cc(Cl)c2)[n+]2ccccc12.O=C([O-])C(F)(F)F. The Morgan fingerprint density at radius 2 is 1.79 bits per heavy atom. The summed E-state index contributed by atoms with van der Waals surface area (Å²) in [6.07, 6.45) is -0.150. The van der Waals surface area contributed by atoms with Gasteiger partial charge in [0.1, 0.15) is 5.97 Å². The molecular formula is C20H13Cl2F3N5O3+. The summed E-state index contributed by atoms with van der Waals surface area (Å²) in [5, 5.41) is 12.6. The second-order valence-corrected chi connectivity index (χ2v) is 7.22. The van der Waals surface area contributed by atoms with Crippen molar-refractivity contribution in [3.8, 4) is 11.4 Å². The minimum absolute atomic E-state index is 0.299. The molecular weight excluding hydrogens is 486 g/mol. The summed E-state index contributed by atoms with van der Waals surface area (Å²) in [6.45, 7) is 0. The molecule has 0 aliphatic carbocycles. The number of anilines is 1. The quantitative estimate of drug-likeness (QED) is 0.422. The molecule has 3 aromatic heterocycles. The number of rotatable bonds is 3. The van der Waals surface area contributed by atoms with Gasteiger partial charge in [-0.15, -0.1) is 0 Å². The average molecular weight is 499 g/mol. The maximum Gasteiger partial charge on any atom is 0.430 e. The summed E-state index contributed by atoms with van der Waals surface area (Å²) in [6, 6.07) is 12.5. The van der Waals surface area contributed by atoms with Gasteiger partial charge in [0, 0.05) is 16.1 Å². The number of carbonyl (C=O) groups excluding carboxylic acids is 2. The highest BCUT2D eigenvalue weighted by atomic mass is 35.5. The number of aromatic amines is 2. The van der Waals surface area contributed by atoms with Crippen LogP contribution in [0.4, 0.5) is 19.0 Å². The average Bonchev–Trinajstić information content (AvgIpc) is 3.13. The lowest BCUT2D eigenvalue weighted by molar-refractivity contribution is -0.498. The highest BCUT2D eigenvalue weighted by Crippen LogP contribution is 2.26. The van der Waals surface area contributed by atoms with Crippen LogP contribution in [0.25, 0.3) is 16.9 Å². The van der Waals surface area contributed by atoms with Crippen molar-refractivity contribution in [3.63, 3.8) is 0 Å². The number of pyridine rings is 1. The van der Waals surface area contributed by atoms with E-state index in [9.17, 15) is 18.0 Å². The summed E-state index contributed by atoms with van der Waals surface area (Å²) in [5.74, 6) is -2.16. The molecule has 1 amide bonds. The number of carboxylic acids is 1. The van der Waals surface area contributed by atoms with Crippen LogP contribution in [0.2, 0.25) is 10.0 Å². The molecule has 3 heterocycles. The van der Waals surface area contributed by atoms with Gasteiger partial charge in [-0.05, 0) is 35.3 Å². The standard InChI is InChI=1S/C18H11Cl2N5O.C2HF3O2/c19-12-7-11(8-13(20)9-12)17-24-16(14-3-1-2-6-25(14)17)18(26)23-15-4-5-21-10-22-15;3-2(4,5)1(6)7/h1-10H,(H,21,22,23,26);(H,6,7)/p+1.